The van der Waals surface area contributed by atoms with Gasteiger partial charge >= 0.3 is 0 Å². The molecule has 5 nitrogen and oxygen atoms in total. The fraction of sp³-hybridized carbons (Fsp3) is 0.167. The molecule has 2 aromatic heterocycles. The molecule has 0 bridgehead atoms. The molecule has 0 radical (unpaired) electrons. The Bertz CT molecular complexity index is 568. The van der Waals surface area contributed by atoms with Gasteiger partial charge in [-0.05, 0) is 11.6 Å². The highest BCUT2D eigenvalue weighted by molar-refractivity contribution is 6.01. The summed E-state index contributed by atoms with van der Waals surface area (Å²) >= 11 is 0. The van der Waals surface area contributed by atoms with Crippen LogP contribution in [-0.2, 0) is 7.05 Å². The van der Waals surface area contributed by atoms with Gasteiger partial charge in [-0.1, -0.05) is 6.07 Å². The highest BCUT2D eigenvalue weighted by Gasteiger charge is 2.23. The maximum Gasteiger partial charge on any atom is 0.204 e. The lowest BCUT2D eigenvalue weighted by molar-refractivity contribution is 0.0974. The lowest BCUT2D eigenvalue weighted by Crippen LogP contribution is -2.11. The van der Waals surface area contributed by atoms with Crippen molar-refractivity contribution in [2.75, 3.05) is 0 Å². The van der Waals surface area contributed by atoms with Gasteiger partial charge in [-0.25, -0.2) is 4.98 Å². The van der Waals surface area contributed by atoms with Gasteiger partial charge in [0.1, 0.15) is 11.6 Å². The van der Waals surface area contributed by atoms with Crippen LogP contribution in [0.3, 0.4) is 0 Å². The minimum absolute atomic E-state index is 0.294. The van der Waals surface area contributed by atoms with Crippen molar-refractivity contribution < 1.29 is 4.79 Å². The second kappa shape index (κ2) is 4.58. The molecule has 5 heteroatoms. The topological polar surface area (TPSA) is 71.6 Å². The molecular weight excluding hydrogens is 216 g/mol. The van der Waals surface area contributed by atoms with Crippen molar-refractivity contribution in [3.8, 4) is 6.07 Å². The van der Waals surface area contributed by atoms with E-state index in [9.17, 15) is 4.79 Å². The van der Waals surface area contributed by atoms with E-state index in [1.54, 1.807) is 36.1 Å². The van der Waals surface area contributed by atoms with Gasteiger partial charge in [-0.2, -0.15) is 5.26 Å². The first-order valence-corrected chi connectivity index (χ1v) is 5.04. The summed E-state index contributed by atoms with van der Waals surface area (Å²) in [5.41, 5.74) is 0.883. The van der Waals surface area contributed by atoms with Gasteiger partial charge < -0.3 is 4.57 Å². The summed E-state index contributed by atoms with van der Waals surface area (Å²) in [6.07, 6.45) is 6.26. The molecule has 0 N–H and O–H groups in total. The molecule has 0 aliphatic heterocycles. The Morgan fingerprint density at radius 1 is 1.59 bits per heavy atom. The van der Waals surface area contributed by atoms with Crippen LogP contribution in [0.4, 0.5) is 0 Å². The van der Waals surface area contributed by atoms with E-state index in [1.165, 1.54) is 12.5 Å². The van der Waals surface area contributed by atoms with Crippen LogP contribution < -0.4 is 0 Å². The average molecular weight is 226 g/mol. The van der Waals surface area contributed by atoms with Crippen molar-refractivity contribution in [3.05, 3.63) is 48.3 Å². The van der Waals surface area contributed by atoms with E-state index in [-0.39, 0.29) is 5.78 Å². The Morgan fingerprint density at radius 3 is 2.94 bits per heavy atom. The summed E-state index contributed by atoms with van der Waals surface area (Å²) in [6.45, 7) is 0. The average Bonchev–Trinajstić information content (AvgIpc) is 2.78. The van der Waals surface area contributed by atoms with Crippen molar-refractivity contribution in [1.82, 2.24) is 14.5 Å². The first-order valence-electron chi connectivity index (χ1n) is 5.04. The summed E-state index contributed by atoms with van der Waals surface area (Å²) in [5, 5.41) is 9.08. The second-order valence-corrected chi connectivity index (χ2v) is 3.64. The molecule has 2 heterocycles. The van der Waals surface area contributed by atoms with Crippen LogP contribution in [-0.4, -0.2) is 20.3 Å². The Kier molecular flexibility index (Phi) is 2.97. The lowest BCUT2D eigenvalue weighted by atomic mass is 9.96. The molecule has 1 unspecified atom stereocenters. The van der Waals surface area contributed by atoms with Gasteiger partial charge in [0.15, 0.2) is 0 Å². The minimum Gasteiger partial charge on any atom is -0.340 e. The molecule has 0 saturated heterocycles. The zero-order valence-corrected chi connectivity index (χ0v) is 9.24. The zero-order valence-electron chi connectivity index (χ0n) is 9.24. The number of hydrogen-bond donors (Lipinski definition) is 0. The van der Waals surface area contributed by atoms with Gasteiger partial charge in [0.25, 0.3) is 0 Å². The Morgan fingerprint density at radius 2 is 2.41 bits per heavy atom. The number of carbonyl (C=O) groups excluding carboxylic acids is 1. The van der Waals surface area contributed by atoms with Crippen LogP contribution in [0.1, 0.15) is 22.0 Å². The second-order valence-electron chi connectivity index (χ2n) is 3.64. The predicted octanol–water partition coefficient (Wildman–Crippen LogP) is 1.31. The van der Waals surface area contributed by atoms with Gasteiger partial charge in [-0.3, -0.25) is 9.78 Å². The molecule has 17 heavy (non-hydrogen) atoms. The van der Waals surface area contributed by atoms with E-state index < -0.39 is 5.92 Å². The Balaban J connectivity index is 2.32. The van der Waals surface area contributed by atoms with Crippen LogP contribution in [0.25, 0.3) is 0 Å². The number of pyridine rings is 1. The molecule has 0 aliphatic carbocycles. The Labute approximate surface area is 98.4 Å². The number of hydrogen-bond acceptors (Lipinski definition) is 4. The van der Waals surface area contributed by atoms with Crippen LogP contribution in [0.15, 0.2) is 37.1 Å². The lowest BCUT2D eigenvalue weighted by Gasteiger charge is -2.05. The number of rotatable bonds is 3. The number of aromatic nitrogens is 3. The van der Waals surface area contributed by atoms with Crippen molar-refractivity contribution in [2.24, 2.45) is 7.05 Å². The number of Topliss-reactive ketones (excluding diaryl/α,β-unsaturated/α-hetero) is 1. The van der Waals surface area contributed by atoms with E-state index in [0.717, 1.165) is 0 Å². The SMILES string of the molecule is Cn1cnc(C(=O)C(C#N)c2cccnc2)c1. The summed E-state index contributed by atoms with van der Waals surface area (Å²) in [6, 6.07) is 5.40. The third-order valence-corrected chi connectivity index (χ3v) is 2.37. The number of nitriles is 1. The maximum atomic E-state index is 12.1. The smallest absolute Gasteiger partial charge is 0.204 e. The number of nitrogens with zero attached hydrogens (tertiary/aromatic N) is 4. The van der Waals surface area contributed by atoms with Gasteiger partial charge in [0, 0.05) is 25.6 Å². The molecule has 0 spiro atoms. The van der Waals surface area contributed by atoms with Crippen molar-refractivity contribution >= 4 is 5.78 Å². The van der Waals surface area contributed by atoms with Crippen molar-refractivity contribution in [2.45, 2.75) is 5.92 Å². The first-order chi connectivity index (χ1) is 8.22. The predicted molar refractivity (Wildman–Crippen MR) is 60.1 cm³/mol. The minimum atomic E-state index is -0.849. The highest BCUT2D eigenvalue weighted by Crippen LogP contribution is 2.18. The first kappa shape index (κ1) is 11.0. The summed E-state index contributed by atoms with van der Waals surface area (Å²) < 4.78 is 1.67. The maximum absolute atomic E-state index is 12.1. The van der Waals surface area contributed by atoms with Gasteiger partial charge in [0.05, 0.1) is 12.4 Å². The number of carbonyl (C=O) groups is 1. The zero-order chi connectivity index (χ0) is 12.3. The van der Waals surface area contributed by atoms with E-state index in [4.69, 9.17) is 5.26 Å². The van der Waals surface area contributed by atoms with Crippen molar-refractivity contribution in [1.29, 1.82) is 5.26 Å². The standard InChI is InChI=1S/C12H10N4O/c1-16-7-11(15-8-16)12(17)10(5-13)9-3-2-4-14-6-9/h2-4,6-8,10H,1H3. The van der Waals surface area contributed by atoms with Crippen LogP contribution >= 0.6 is 0 Å². The largest absolute Gasteiger partial charge is 0.340 e. The highest BCUT2D eigenvalue weighted by atomic mass is 16.1. The third-order valence-electron chi connectivity index (χ3n) is 2.37. The third kappa shape index (κ3) is 2.21. The molecule has 2 aromatic rings. The van der Waals surface area contributed by atoms with E-state index in [2.05, 4.69) is 9.97 Å². The van der Waals surface area contributed by atoms with Crippen molar-refractivity contribution in [3.63, 3.8) is 0 Å². The normalized spacial score (nSPS) is 11.8. The molecule has 0 fully saturated rings. The summed E-state index contributed by atoms with van der Waals surface area (Å²) in [5.74, 6) is -1.15. The number of aryl methyl sites for hydroxylation is 1. The van der Waals surface area contributed by atoms with E-state index >= 15 is 0 Å². The monoisotopic (exact) mass is 226 g/mol. The van der Waals surface area contributed by atoms with E-state index in [0.29, 0.717) is 11.3 Å². The van der Waals surface area contributed by atoms with Crippen LogP contribution in [0, 0.1) is 11.3 Å². The molecule has 1 atom stereocenters. The Hall–Kier alpha value is -2.48. The molecule has 0 aromatic carbocycles. The quantitative estimate of drug-likeness (QED) is 0.739. The van der Waals surface area contributed by atoms with Gasteiger partial charge in [0.2, 0.25) is 5.78 Å². The molecule has 2 rings (SSSR count). The molecule has 84 valence electrons. The summed E-state index contributed by atoms with van der Waals surface area (Å²) in [7, 11) is 1.77. The number of ketones is 1. The fourth-order valence-electron chi connectivity index (χ4n) is 1.52. The van der Waals surface area contributed by atoms with Gasteiger partial charge in [-0.15, -0.1) is 0 Å². The summed E-state index contributed by atoms with van der Waals surface area (Å²) in [4.78, 5) is 19.9. The fourth-order valence-corrected chi connectivity index (χ4v) is 1.52. The molecule has 0 amide bonds. The van der Waals surface area contributed by atoms with Crippen LogP contribution in [0.2, 0.25) is 0 Å². The van der Waals surface area contributed by atoms with Crippen LogP contribution in [0.5, 0.6) is 0 Å². The molecule has 0 saturated carbocycles. The van der Waals surface area contributed by atoms with E-state index in [1.807, 2.05) is 6.07 Å². The number of imidazole rings is 1. The molecule has 0 aliphatic rings. The molecular formula is C12H10N4O.